The second kappa shape index (κ2) is 3.55. The van der Waals surface area contributed by atoms with Gasteiger partial charge in [-0.15, -0.1) is 11.3 Å². The van der Waals surface area contributed by atoms with E-state index in [2.05, 4.69) is 22.6 Å². The van der Waals surface area contributed by atoms with Gasteiger partial charge in [0.2, 0.25) is 0 Å². The van der Waals surface area contributed by atoms with Crippen molar-refractivity contribution in [3.05, 3.63) is 31.7 Å². The summed E-state index contributed by atoms with van der Waals surface area (Å²) in [7, 11) is 0. The fraction of sp³-hybridized carbons (Fsp3) is 0. The normalized spacial score (nSPS) is 10.6. The molecule has 1 aromatic carbocycles. The quantitative estimate of drug-likeness (QED) is 0.573. The minimum atomic E-state index is 0.678. The van der Waals surface area contributed by atoms with Crippen LogP contribution in [0.5, 0.6) is 0 Å². The van der Waals surface area contributed by atoms with Crippen LogP contribution in [0.3, 0.4) is 0 Å². The first-order chi connectivity index (χ1) is 6.22. The Bertz CT molecular complexity index is 478. The van der Waals surface area contributed by atoms with Gasteiger partial charge in [-0.2, -0.15) is 0 Å². The summed E-state index contributed by atoms with van der Waals surface area (Å²) >= 11 is 9.78. The van der Waals surface area contributed by atoms with Crippen molar-refractivity contribution in [3.8, 4) is 0 Å². The van der Waals surface area contributed by atoms with Gasteiger partial charge in [0.05, 0.1) is 5.02 Å². The molecule has 0 aliphatic carbocycles. The molecule has 1 aromatic heterocycles. The zero-order chi connectivity index (χ0) is 9.42. The number of hydrogen-bond acceptors (Lipinski definition) is 2. The highest BCUT2D eigenvalue weighted by Crippen LogP contribution is 2.33. The van der Waals surface area contributed by atoms with Crippen LogP contribution in [0.4, 0.5) is 0 Å². The van der Waals surface area contributed by atoms with Gasteiger partial charge in [0.1, 0.15) is 6.29 Å². The van der Waals surface area contributed by atoms with E-state index < -0.39 is 0 Å². The summed E-state index contributed by atoms with van der Waals surface area (Å²) in [6.45, 7) is 0. The van der Waals surface area contributed by atoms with Gasteiger partial charge in [0.15, 0.2) is 0 Å². The molecule has 0 saturated heterocycles. The summed E-state index contributed by atoms with van der Waals surface area (Å²) in [5.41, 5.74) is 0.678. The van der Waals surface area contributed by atoms with Gasteiger partial charge in [-0.25, -0.2) is 0 Å². The lowest BCUT2D eigenvalue weighted by Crippen LogP contribution is -1.81. The molecule has 66 valence electrons. The number of thiophene rings is 1. The summed E-state index contributed by atoms with van der Waals surface area (Å²) in [4.78, 5) is 10.6. The minimum absolute atomic E-state index is 0.678. The van der Waals surface area contributed by atoms with Crippen LogP contribution in [0.1, 0.15) is 10.4 Å². The van der Waals surface area contributed by atoms with E-state index in [4.69, 9.17) is 11.6 Å². The number of fused-ring (bicyclic) bond motifs is 1. The smallest absolute Gasteiger partial charge is 0.150 e. The number of benzene rings is 1. The Morgan fingerprint density at radius 1 is 1.46 bits per heavy atom. The summed E-state index contributed by atoms with van der Waals surface area (Å²) in [6, 6.07) is 3.69. The molecule has 0 spiro atoms. The number of carbonyl (C=O) groups is 1. The lowest BCUT2D eigenvalue weighted by atomic mass is 10.2. The van der Waals surface area contributed by atoms with Crippen LogP contribution in [0, 0.1) is 3.57 Å². The van der Waals surface area contributed by atoms with E-state index in [9.17, 15) is 4.79 Å². The molecule has 0 radical (unpaired) electrons. The SMILES string of the molecule is O=Cc1cc(I)c2scc(Cl)c2c1. The molecule has 0 unspecified atom stereocenters. The third kappa shape index (κ3) is 1.60. The first-order valence-electron chi connectivity index (χ1n) is 3.54. The Labute approximate surface area is 97.8 Å². The molecule has 13 heavy (non-hydrogen) atoms. The third-order valence-corrected chi connectivity index (χ3v) is 4.43. The van der Waals surface area contributed by atoms with Crippen LogP contribution in [0.15, 0.2) is 17.5 Å². The Hall–Kier alpha value is -0.130. The van der Waals surface area contributed by atoms with E-state index in [1.807, 2.05) is 17.5 Å². The maximum absolute atomic E-state index is 10.6. The van der Waals surface area contributed by atoms with Gasteiger partial charge in [0.25, 0.3) is 0 Å². The Kier molecular flexibility index (Phi) is 2.58. The van der Waals surface area contributed by atoms with Crippen molar-refractivity contribution >= 4 is 61.9 Å². The molecule has 0 N–H and O–H groups in total. The average Bonchev–Trinajstić information content (AvgIpc) is 2.48. The molecular formula is C9H4ClIOS. The molecule has 0 aliphatic rings. The summed E-state index contributed by atoms with van der Waals surface area (Å²) in [5, 5.41) is 3.59. The van der Waals surface area contributed by atoms with Crippen molar-refractivity contribution < 1.29 is 4.79 Å². The highest BCUT2D eigenvalue weighted by atomic mass is 127. The first-order valence-corrected chi connectivity index (χ1v) is 5.87. The molecule has 1 heterocycles. The minimum Gasteiger partial charge on any atom is -0.298 e. The molecule has 1 nitrogen and oxygen atoms in total. The number of halogens is 2. The highest BCUT2D eigenvalue weighted by Gasteiger charge is 2.06. The topological polar surface area (TPSA) is 17.1 Å². The number of rotatable bonds is 1. The monoisotopic (exact) mass is 322 g/mol. The summed E-state index contributed by atoms with van der Waals surface area (Å²) in [6.07, 6.45) is 0.843. The largest absolute Gasteiger partial charge is 0.298 e. The molecule has 0 saturated carbocycles. The summed E-state index contributed by atoms with van der Waals surface area (Å²) in [5.74, 6) is 0. The predicted octanol–water partition coefficient (Wildman–Crippen LogP) is 3.97. The van der Waals surface area contributed by atoms with Crippen molar-refractivity contribution in [3.63, 3.8) is 0 Å². The van der Waals surface area contributed by atoms with Gasteiger partial charge in [-0.3, -0.25) is 4.79 Å². The molecular weight excluding hydrogens is 319 g/mol. The zero-order valence-electron chi connectivity index (χ0n) is 6.38. The highest BCUT2D eigenvalue weighted by molar-refractivity contribution is 14.1. The maximum atomic E-state index is 10.6. The molecule has 2 aromatic rings. The fourth-order valence-electron chi connectivity index (χ4n) is 1.15. The van der Waals surface area contributed by atoms with Crippen LogP contribution < -0.4 is 0 Å². The molecule has 0 aliphatic heterocycles. The Balaban J connectivity index is 2.87. The van der Waals surface area contributed by atoms with Crippen LogP contribution in [-0.4, -0.2) is 6.29 Å². The van der Waals surface area contributed by atoms with Crippen LogP contribution >= 0.6 is 45.5 Å². The molecule has 4 heteroatoms. The Morgan fingerprint density at radius 2 is 2.23 bits per heavy atom. The van der Waals surface area contributed by atoms with Gasteiger partial charge in [0, 0.05) is 24.6 Å². The van der Waals surface area contributed by atoms with E-state index in [1.165, 1.54) is 0 Å². The van der Waals surface area contributed by atoms with Crippen molar-refractivity contribution in [2.75, 3.05) is 0 Å². The van der Waals surface area contributed by atoms with Crippen molar-refractivity contribution in [1.29, 1.82) is 0 Å². The van der Waals surface area contributed by atoms with Gasteiger partial charge >= 0.3 is 0 Å². The molecule has 0 fully saturated rings. The Morgan fingerprint density at radius 3 is 2.92 bits per heavy atom. The van der Waals surface area contributed by atoms with Crippen molar-refractivity contribution in [1.82, 2.24) is 0 Å². The van der Waals surface area contributed by atoms with E-state index in [1.54, 1.807) is 11.3 Å². The van der Waals surface area contributed by atoms with Crippen LogP contribution in [0.2, 0.25) is 5.02 Å². The fourth-order valence-corrected chi connectivity index (χ4v) is 3.34. The van der Waals surface area contributed by atoms with Crippen LogP contribution in [0.25, 0.3) is 10.1 Å². The molecule has 0 atom stereocenters. The second-order valence-electron chi connectivity index (χ2n) is 2.58. The van der Waals surface area contributed by atoms with E-state index in [0.29, 0.717) is 5.56 Å². The lowest BCUT2D eigenvalue weighted by molar-refractivity contribution is 0.112. The van der Waals surface area contributed by atoms with E-state index >= 15 is 0 Å². The molecule has 0 amide bonds. The van der Waals surface area contributed by atoms with Gasteiger partial charge in [-0.05, 0) is 34.7 Å². The van der Waals surface area contributed by atoms with Crippen molar-refractivity contribution in [2.45, 2.75) is 0 Å². The molecule has 0 bridgehead atoms. The third-order valence-electron chi connectivity index (χ3n) is 1.74. The average molecular weight is 323 g/mol. The second-order valence-corrected chi connectivity index (χ2v) is 5.03. The van der Waals surface area contributed by atoms with E-state index in [0.717, 1.165) is 25.0 Å². The standard InChI is InChI=1S/C9H4ClIOS/c10-7-4-13-9-6(7)1-5(3-12)2-8(9)11/h1-4H. The van der Waals surface area contributed by atoms with Crippen molar-refractivity contribution in [2.24, 2.45) is 0 Å². The number of aldehydes is 1. The maximum Gasteiger partial charge on any atom is 0.150 e. The first kappa shape index (κ1) is 9.43. The van der Waals surface area contributed by atoms with E-state index in [-0.39, 0.29) is 0 Å². The number of carbonyl (C=O) groups excluding carboxylic acids is 1. The molecule has 2 rings (SSSR count). The predicted molar refractivity (Wildman–Crippen MR) is 64.9 cm³/mol. The number of hydrogen-bond donors (Lipinski definition) is 0. The zero-order valence-corrected chi connectivity index (χ0v) is 10.1. The van der Waals surface area contributed by atoms with Gasteiger partial charge in [-0.1, -0.05) is 11.6 Å². The summed E-state index contributed by atoms with van der Waals surface area (Å²) < 4.78 is 2.23. The lowest BCUT2D eigenvalue weighted by Gasteiger charge is -1.96. The van der Waals surface area contributed by atoms with Gasteiger partial charge < -0.3 is 0 Å². The van der Waals surface area contributed by atoms with Crippen LogP contribution in [-0.2, 0) is 0 Å².